The maximum absolute atomic E-state index is 12.8. The van der Waals surface area contributed by atoms with Crippen LogP contribution in [0.5, 0.6) is 0 Å². The molecule has 0 saturated carbocycles. The van der Waals surface area contributed by atoms with Crippen LogP contribution in [0.2, 0.25) is 0 Å². The van der Waals surface area contributed by atoms with Gasteiger partial charge in [0.2, 0.25) is 0 Å². The second-order valence-corrected chi connectivity index (χ2v) is 4.02. The molecule has 1 rings (SSSR count). The molecule has 13 heavy (non-hydrogen) atoms. The average molecular weight is 177 g/mol. The van der Waals surface area contributed by atoms with Crippen LogP contribution in [0.25, 0.3) is 4.85 Å². The number of hydrogen-bond donors (Lipinski definition) is 0. The first-order valence-corrected chi connectivity index (χ1v) is 4.12. The first kappa shape index (κ1) is 9.73. The number of nitrogens with zero attached hydrogens (tertiary/aromatic N) is 1. The van der Waals surface area contributed by atoms with E-state index in [4.69, 9.17) is 6.57 Å². The number of halogens is 1. The van der Waals surface area contributed by atoms with E-state index < -0.39 is 0 Å². The Morgan fingerprint density at radius 1 is 1.31 bits per heavy atom. The summed E-state index contributed by atoms with van der Waals surface area (Å²) < 4.78 is 12.8. The Hall–Kier alpha value is -1.36. The summed E-state index contributed by atoms with van der Waals surface area (Å²) in [6, 6.07) is 4.37. The highest BCUT2D eigenvalue weighted by molar-refractivity contribution is 5.55. The van der Waals surface area contributed by atoms with E-state index in [-0.39, 0.29) is 11.2 Å². The predicted molar refractivity (Wildman–Crippen MR) is 51.4 cm³/mol. The summed E-state index contributed by atoms with van der Waals surface area (Å²) in [5.74, 6) is -0.348. The van der Waals surface area contributed by atoms with Gasteiger partial charge in [-0.25, -0.2) is 9.24 Å². The molecule has 0 saturated heterocycles. The Balaban J connectivity index is 3.32. The Labute approximate surface area is 78.0 Å². The molecule has 0 bridgehead atoms. The summed E-state index contributed by atoms with van der Waals surface area (Å²) in [5, 5.41) is 0. The molecule has 0 unspecified atom stereocenters. The average Bonchev–Trinajstić information content (AvgIpc) is 2.01. The van der Waals surface area contributed by atoms with E-state index >= 15 is 0 Å². The van der Waals surface area contributed by atoms with Crippen molar-refractivity contribution >= 4 is 5.69 Å². The third-order valence-electron chi connectivity index (χ3n) is 1.89. The van der Waals surface area contributed by atoms with Crippen LogP contribution in [0.1, 0.15) is 26.3 Å². The molecule has 1 aromatic rings. The van der Waals surface area contributed by atoms with Gasteiger partial charge in [-0.3, -0.25) is 0 Å². The predicted octanol–water partition coefficient (Wildman–Crippen LogP) is 3.67. The van der Waals surface area contributed by atoms with Gasteiger partial charge in [-0.1, -0.05) is 26.8 Å². The summed E-state index contributed by atoms with van der Waals surface area (Å²) in [6.45, 7) is 12.9. The van der Waals surface area contributed by atoms with Gasteiger partial charge in [-0.2, -0.15) is 0 Å². The fraction of sp³-hybridized carbons (Fsp3) is 0.364. The zero-order valence-corrected chi connectivity index (χ0v) is 8.06. The third-order valence-corrected chi connectivity index (χ3v) is 1.89. The van der Waals surface area contributed by atoms with Crippen molar-refractivity contribution < 1.29 is 4.39 Å². The van der Waals surface area contributed by atoms with Crippen LogP contribution in [-0.4, -0.2) is 0 Å². The van der Waals surface area contributed by atoms with Crippen molar-refractivity contribution in [3.63, 3.8) is 0 Å². The van der Waals surface area contributed by atoms with Crippen molar-refractivity contribution in [2.75, 3.05) is 0 Å². The minimum Gasteiger partial charge on any atom is -0.238 e. The summed E-state index contributed by atoms with van der Waals surface area (Å²) >= 11 is 0. The van der Waals surface area contributed by atoms with Crippen LogP contribution in [0, 0.1) is 12.4 Å². The Morgan fingerprint density at radius 3 is 2.38 bits per heavy atom. The molecule has 0 N–H and O–H groups in total. The van der Waals surface area contributed by atoms with Crippen molar-refractivity contribution in [3.05, 3.63) is 41.0 Å². The monoisotopic (exact) mass is 177 g/mol. The minimum atomic E-state index is -0.348. The fourth-order valence-corrected chi connectivity index (χ4v) is 1.23. The number of rotatable bonds is 0. The van der Waals surface area contributed by atoms with Gasteiger partial charge in [0.05, 0.1) is 6.57 Å². The zero-order chi connectivity index (χ0) is 10.1. The normalized spacial score (nSPS) is 11.0. The molecule has 0 amide bonds. The van der Waals surface area contributed by atoms with E-state index in [1.807, 2.05) is 20.8 Å². The molecule has 0 fully saturated rings. The van der Waals surface area contributed by atoms with Crippen molar-refractivity contribution in [2.24, 2.45) is 0 Å². The lowest BCUT2D eigenvalue weighted by Gasteiger charge is -2.20. The van der Waals surface area contributed by atoms with E-state index in [0.29, 0.717) is 5.69 Å². The van der Waals surface area contributed by atoms with Gasteiger partial charge in [-0.05, 0) is 23.1 Å². The minimum absolute atomic E-state index is 0.104. The van der Waals surface area contributed by atoms with E-state index in [1.165, 1.54) is 12.1 Å². The molecule has 0 aliphatic rings. The SMILES string of the molecule is [C-]#[N+]c1cc(F)ccc1C(C)(C)C. The lowest BCUT2D eigenvalue weighted by atomic mass is 9.86. The molecule has 1 aromatic carbocycles. The van der Waals surface area contributed by atoms with Gasteiger partial charge in [0.25, 0.3) is 0 Å². The van der Waals surface area contributed by atoms with Crippen LogP contribution in [0.3, 0.4) is 0 Å². The fourth-order valence-electron chi connectivity index (χ4n) is 1.23. The maximum atomic E-state index is 12.8. The van der Waals surface area contributed by atoms with Crippen LogP contribution in [-0.2, 0) is 5.41 Å². The first-order chi connectivity index (χ1) is 5.95. The zero-order valence-electron chi connectivity index (χ0n) is 8.06. The lowest BCUT2D eigenvalue weighted by molar-refractivity contribution is 0.586. The highest BCUT2D eigenvalue weighted by atomic mass is 19.1. The number of benzene rings is 1. The van der Waals surface area contributed by atoms with Gasteiger partial charge < -0.3 is 0 Å². The molecule has 0 radical (unpaired) electrons. The third kappa shape index (κ3) is 2.06. The first-order valence-electron chi connectivity index (χ1n) is 4.12. The van der Waals surface area contributed by atoms with Crippen LogP contribution in [0.4, 0.5) is 10.1 Å². The van der Waals surface area contributed by atoms with Crippen molar-refractivity contribution in [1.82, 2.24) is 0 Å². The van der Waals surface area contributed by atoms with Gasteiger partial charge in [0, 0.05) is 0 Å². The molecule has 0 aromatic heterocycles. The second kappa shape index (κ2) is 3.18. The molecule has 0 atom stereocenters. The number of hydrogen-bond acceptors (Lipinski definition) is 0. The van der Waals surface area contributed by atoms with E-state index in [0.717, 1.165) is 5.56 Å². The topological polar surface area (TPSA) is 4.36 Å². The lowest BCUT2D eigenvalue weighted by Crippen LogP contribution is -2.11. The molecule has 0 aliphatic carbocycles. The van der Waals surface area contributed by atoms with Gasteiger partial charge >= 0.3 is 0 Å². The van der Waals surface area contributed by atoms with E-state index in [9.17, 15) is 4.39 Å². The quantitative estimate of drug-likeness (QED) is 0.532. The molecule has 68 valence electrons. The molecular formula is C11H12FN. The molecular weight excluding hydrogens is 165 g/mol. The summed E-state index contributed by atoms with van der Waals surface area (Å²) in [5.41, 5.74) is 1.20. The Morgan fingerprint density at radius 2 is 1.92 bits per heavy atom. The molecule has 1 nitrogen and oxygen atoms in total. The van der Waals surface area contributed by atoms with Crippen molar-refractivity contribution in [1.29, 1.82) is 0 Å². The van der Waals surface area contributed by atoms with Crippen molar-refractivity contribution in [3.8, 4) is 0 Å². The van der Waals surface area contributed by atoms with Gasteiger partial charge in [0.1, 0.15) is 5.82 Å². The van der Waals surface area contributed by atoms with Crippen LogP contribution in [0.15, 0.2) is 18.2 Å². The van der Waals surface area contributed by atoms with Gasteiger partial charge in [0.15, 0.2) is 5.69 Å². The molecule has 0 heterocycles. The molecule has 0 spiro atoms. The largest absolute Gasteiger partial charge is 0.238 e. The van der Waals surface area contributed by atoms with E-state index in [1.54, 1.807) is 6.07 Å². The smallest absolute Gasteiger partial charge is 0.193 e. The molecule has 0 aliphatic heterocycles. The second-order valence-electron chi connectivity index (χ2n) is 4.02. The Bertz CT molecular complexity index is 355. The van der Waals surface area contributed by atoms with Crippen molar-refractivity contribution in [2.45, 2.75) is 26.2 Å². The van der Waals surface area contributed by atoms with Gasteiger partial charge in [-0.15, -0.1) is 0 Å². The highest BCUT2D eigenvalue weighted by Crippen LogP contribution is 2.31. The van der Waals surface area contributed by atoms with Crippen LogP contribution >= 0.6 is 0 Å². The highest BCUT2D eigenvalue weighted by Gasteiger charge is 2.17. The van der Waals surface area contributed by atoms with Crippen LogP contribution < -0.4 is 0 Å². The van der Waals surface area contributed by atoms with E-state index in [2.05, 4.69) is 4.85 Å². The summed E-state index contributed by atoms with van der Waals surface area (Å²) in [4.78, 5) is 3.31. The summed E-state index contributed by atoms with van der Waals surface area (Å²) in [6.07, 6.45) is 0. The Kier molecular flexibility index (Phi) is 2.38. The standard InChI is InChI=1S/C11H12FN/c1-11(2,3)9-6-5-8(12)7-10(9)13-4/h5-7H,1-3H3. The summed E-state index contributed by atoms with van der Waals surface area (Å²) in [7, 11) is 0. The maximum Gasteiger partial charge on any atom is 0.193 e. The molecule has 2 heteroatoms.